The molecule has 0 unspecified atom stereocenters. The molecular weight excluding hydrogens is 402 g/mol. The minimum atomic E-state index is -0.936. The number of aliphatic hydroxyl groups is 2. The van der Waals surface area contributed by atoms with Crippen LogP contribution in [0, 0.1) is 0 Å². The molecule has 168 valence electrons. The van der Waals surface area contributed by atoms with E-state index < -0.39 is 5.54 Å². The molecule has 0 aliphatic carbocycles. The Hall–Kier alpha value is -1.79. The number of rotatable bonds is 13. The lowest BCUT2D eigenvalue weighted by atomic mass is 9.93. The third-order valence-corrected chi connectivity index (χ3v) is 5.25. The Morgan fingerprint density at radius 3 is 2.27 bits per heavy atom. The first-order valence-corrected chi connectivity index (χ1v) is 10.5. The third-order valence-electron chi connectivity index (χ3n) is 5.25. The number of aryl methyl sites for hydroxylation is 1. The first-order valence-electron chi connectivity index (χ1n) is 10.5. The van der Waals surface area contributed by atoms with Crippen molar-refractivity contribution in [3.63, 3.8) is 0 Å². The zero-order chi connectivity index (χ0) is 21.1. The average molecular weight is 438 g/mol. The van der Waals surface area contributed by atoms with Gasteiger partial charge in [0.1, 0.15) is 11.5 Å². The molecule has 2 aromatic rings. The predicted octanol–water partition coefficient (Wildman–Crippen LogP) is 4.36. The molecular formula is C24H36ClNO4. The fraction of sp³-hybridized carbons (Fsp3) is 0.500. The van der Waals surface area contributed by atoms with Gasteiger partial charge in [0, 0.05) is 11.6 Å². The van der Waals surface area contributed by atoms with Crippen molar-refractivity contribution in [1.29, 1.82) is 0 Å². The molecule has 0 amide bonds. The summed E-state index contributed by atoms with van der Waals surface area (Å²) in [5.41, 5.74) is 8.19. The second kappa shape index (κ2) is 13.5. The summed E-state index contributed by atoms with van der Waals surface area (Å²) in [7, 11) is 1.67. The Balaban J connectivity index is 0.00000450. The van der Waals surface area contributed by atoms with Gasteiger partial charge in [-0.3, -0.25) is 0 Å². The standard InChI is InChI=1S/C24H35NO4.ClH/c1-3-4-5-6-15-29-21-11-12-22(23(16-21)28-2)20-9-7-19(8-10-20)13-14-24(25,17-26)18-27;/h7-12,16,26-27H,3-6,13-15,17-18,25H2,1-2H3;1H. The molecule has 5 nitrogen and oxygen atoms in total. The molecule has 0 aliphatic rings. The van der Waals surface area contributed by atoms with Crippen molar-refractivity contribution < 1.29 is 19.7 Å². The molecule has 2 rings (SSSR count). The van der Waals surface area contributed by atoms with E-state index in [4.69, 9.17) is 15.2 Å². The summed E-state index contributed by atoms with van der Waals surface area (Å²) in [6, 6.07) is 14.1. The molecule has 6 heteroatoms. The average Bonchev–Trinajstić information content (AvgIpc) is 2.77. The van der Waals surface area contributed by atoms with Crippen molar-refractivity contribution in [1.82, 2.24) is 0 Å². The Labute approximate surface area is 186 Å². The van der Waals surface area contributed by atoms with Crippen molar-refractivity contribution in [3.05, 3.63) is 48.0 Å². The summed E-state index contributed by atoms with van der Waals surface area (Å²) in [6.07, 6.45) is 5.94. The first kappa shape index (κ1) is 26.2. The van der Waals surface area contributed by atoms with E-state index in [1.165, 1.54) is 19.3 Å². The Morgan fingerprint density at radius 1 is 0.967 bits per heavy atom. The Bertz CT molecular complexity index is 732. The van der Waals surface area contributed by atoms with Crippen LogP contribution in [0.15, 0.2) is 42.5 Å². The van der Waals surface area contributed by atoms with E-state index >= 15 is 0 Å². The second-order valence-corrected chi connectivity index (χ2v) is 7.65. The van der Waals surface area contributed by atoms with Crippen molar-refractivity contribution in [2.45, 2.75) is 51.0 Å². The summed E-state index contributed by atoms with van der Waals surface area (Å²) in [5, 5.41) is 18.6. The number of hydrogen-bond acceptors (Lipinski definition) is 5. The third kappa shape index (κ3) is 7.80. The summed E-state index contributed by atoms with van der Waals surface area (Å²) in [5.74, 6) is 1.61. The molecule has 30 heavy (non-hydrogen) atoms. The van der Waals surface area contributed by atoms with Gasteiger partial charge in [-0.1, -0.05) is 50.5 Å². The van der Waals surface area contributed by atoms with E-state index in [9.17, 15) is 10.2 Å². The minimum absolute atomic E-state index is 0. The molecule has 0 radical (unpaired) electrons. The molecule has 2 aromatic carbocycles. The van der Waals surface area contributed by atoms with Crippen molar-refractivity contribution >= 4 is 12.4 Å². The zero-order valence-electron chi connectivity index (χ0n) is 18.1. The normalized spacial score (nSPS) is 11.1. The number of nitrogens with two attached hydrogens (primary N) is 1. The monoisotopic (exact) mass is 437 g/mol. The van der Waals surface area contributed by atoms with Crippen LogP contribution < -0.4 is 15.2 Å². The number of unbranched alkanes of at least 4 members (excludes halogenated alkanes) is 3. The van der Waals surface area contributed by atoms with Gasteiger partial charge in [0.05, 0.1) is 32.5 Å². The van der Waals surface area contributed by atoms with Gasteiger partial charge in [-0.15, -0.1) is 12.4 Å². The smallest absolute Gasteiger partial charge is 0.130 e. The van der Waals surface area contributed by atoms with Crippen LogP contribution in [0.1, 0.15) is 44.6 Å². The summed E-state index contributed by atoms with van der Waals surface area (Å²) in [4.78, 5) is 0. The maximum Gasteiger partial charge on any atom is 0.130 e. The van der Waals surface area contributed by atoms with Crippen LogP contribution in [0.5, 0.6) is 11.5 Å². The fourth-order valence-electron chi connectivity index (χ4n) is 3.17. The first-order chi connectivity index (χ1) is 14.0. The second-order valence-electron chi connectivity index (χ2n) is 7.65. The highest BCUT2D eigenvalue weighted by atomic mass is 35.5. The van der Waals surface area contributed by atoms with Gasteiger partial charge in [-0.2, -0.15) is 0 Å². The van der Waals surface area contributed by atoms with Gasteiger partial charge in [0.2, 0.25) is 0 Å². The van der Waals surface area contributed by atoms with Gasteiger partial charge >= 0.3 is 0 Å². The van der Waals surface area contributed by atoms with Crippen LogP contribution in [-0.4, -0.2) is 42.7 Å². The van der Waals surface area contributed by atoms with E-state index in [2.05, 4.69) is 19.1 Å². The van der Waals surface area contributed by atoms with Gasteiger partial charge in [0.25, 0.3) is 0 Å². The zero-order valence-corrected chi connectivity index (χ0v) is 18.9. The summed E-state index contributed by atoms with van der Waals surface area (Å²) < 4.78 is 11.4. The van der Waals surface area contributed by atoms with Crippen molar-refractivity contribution in [2.24, 2.45) is 5.73 Å². The number of halogens is 1. The van der Waals surface area contributed by atoms with Crippen LogP contribution in [-0.2, 0) is 6.42 Å². The van der Waals surface area contributed by atoms with Gasteiger partial charge < -0.3 is 25.4 Å². The van der Waals surface area contributed by atoms with Crippen LogP contribution in [0.25, 0.3) is 11.1 Å². The molecule has 0 spiro atoms. The lowest BCUT2D eigenvalue weighted by Gasteiger charge is -2.24. The topological polar surface area (TPSA) is 84.9 Å². The van der Waals surface area contributed by atoms with Gasteiger partial charge in [-0.05, 0) is 42.5 Å². The molecule has 0 atom stereocenters. The predicted molar refractivity (Wildman–Crippen MR) is 125 cm³/mol. The highest BCUT2D eigenvalue weighted by Gasteiger charge is 2.22. The number of aliphatic hydroxyl groups excluding tert-OH is 2. The Kier molecular flexibility index (Phi) is 11.8. The van der Waals surface area contributed by atoms with E-state index in [1.54, 1.807) is 7.11 Å². The maximum atomic E-state index is 9.32. The van der Waals surface area contributed by atoms with Crippen LogP contribution >= 0.6 is 12.4 Å². The van der Waals surface area contributed by atoms with Gasteiger partial charge in [0.15, 0.2) is 0 Å². The lowest BCUT2D eigenvalue weighted by molar-refractivity contribution is 0.115. The van der Waals surface area contributed by atoms with Crippen LogP contribution in [0.4, 0.5) is 0 Å². The quantitative estimate of drug-likeness (QED) is 0.405. The van der Waals surface area contributed by atoms with Crippen LogP contribution in [0.2, 0.25) is 0 Å². The van der Waals surface area contributed by atoms with E-state index in [0.29, 0.717) is 12.8 Å². The minimum Gasteiger partial charge on any atom is -0.496 e. The number of benzene rings is 2. The Morgan fingerprint density at radius 2 is 1.67 bits per heavy atom. The molecule has 0 aliphatic heterocycles. The summed E-state index contributed by atoms with van der Waals surface area (Å²) in [6.45, 7) is 2.46. The van der Waals surface area contributed by atoms with Crippen LogP contribution in [0.3, 0.4) is 0 Å². The number of methoxy groups -OCH3 is 1. The van der Waals surface area contributed by atoms with Gasteiger partial charge in [-0.25, -0.2) is 0 Å². The largest absolute Gasteiger partial charge is 0.496 e. The summed E-state index contributed by atoms with van der Waals surface area (Å²) >= 11 is 0. The highest BCUT2D eigenvalue weighted by Crippen LogP contribution is 2.33. The molecule has 0 saturated heterocycles. The van der Waals surface area contributed by atoms with Crippen molar-refractivity contribution in [2.75, 3.05) is 26.9 Å². The molecule has 0 fully saturated rings. The fourth-order valence-corrected chi connectivity index (χ4v) is 3.17. The molecule has 4 N–H and O–H groups in total. The molecule has 0 bridgehead atoms. The van der Waals surface area contributed by atoms with E-state index in [0.717, 1.165) is 41.2 Å². The van der Waals surface area contributed by atoms with Crippen molar-refractivity contribution in [3.8, 4) is 22.6 Å². The molecule has 0 saturated carbocycles. The molecule has 0 heterocycles. The number of ether oxygens (including phenoxy) is 2. The van der Waals surface area contributed by atoms with E-state index in [-0.39, 0.29) is 25.6 Å². The molecule has 0 aromatic heterocycles. The van der Waals surface area contributed by atoms with E-state index in [1.807, 2.05) is 30.3 Å². The number of hydrogen-bond donors (Lipinski definition) is 3. The lowest BCUT2D eigenvalue weighted by Crippen LogP contribution is -2.47. The highest BCUT2D eigenvalue weighted by molar-refractivity contribution is 5.85. The maximum absolute atomic E-state index is 9.32. The SMILES string of the molecule is CCCCCCOc1ccc(-c2ccc(CCC(N)(CO)CO)cc2)c(OC)c1.Cl.